The summed E-state index contributed by atoms with van der Waals surface area (Å²) in [5.74, 6) is 0.667. The van der Waals surface area contributed by atoms with Gasteiger partial charge in [0.1, 0.15) is 5.82 Å². The minimum atomic E-state index is -0.693. The van der Waals surface area contributed by atoms with E-state index in [9.17, 15) is 14.9 Å². The number of nitro groups is 1. The lowest BCUT2D eigenvalue weighted by atomic mass is 10.3. The van der Waals surface area contributed by atoms with Crippen LogP contribution < -0.4 is 10.9 Å². The molecule has 0 aliphatic rings. The average Bonchev–Trinajstić information content (AvgIpc) is 2.42. The normalized spacial score (nSPS) is 10.3. The van der Waals surface area contributed by atoms with Crippen molar-refractivity contribution in [2.45, 2.75) is 6.54 Å². The third-order valence-electron chi connectivity index (χ3n) is 2.63. The lowest BCUT2D eigenvalue weighted by Crippen LogP contribution is -2.23. The van der Waals surface area contributed by atoms with Gasteiger partial charge in [-0.3, -0.25) is 14.9 Å². The van der Waals surface area contributed by atoms with Crippen LogP contribution in [0.5, 0.6) is 0 Å². The van der Waals surface area contributed by atoms with E-state index in [0.29, 0.717) is 16.0 Å². The number of pyridine rings is 2. The molecule has 0 bridgehead atoms. The maximum atomic E-state index is 12.0. The van der Waals surface area contributed by atoms with E-state index in [1.165, 1.54) is 16.8 Å². The molecule has 2 aromatic heterocycles. The van der Waals surface area contributed by atoms with Gasteiger partial charge in [0.25, 0.3) is 0 Å². The number of hydrogen-bond acceptors (Lipinski definition) is 5. The predicted octanol–water partition coefficient (Wildman–Crippen LogP) is 2.00. The fourth-order valence-corrected chi connectivity index (χ4v) is 2.18. The Morgan fingerprint density at radius 2 is 2.25 bits per heavy atom. The maximum absolute atomic E-state index is 12.0. The van der Waals surface area contributed by atoms with Crippen LogP contribution in [0, 0.1) is 10.1 Å². The molecule has 0 aliphatic carbocycles. The van der Waals surface area contributed by atoms with Gasteiger partial charge in [-0.05, 0) is 28.1 Å². The molecule has 8 heteroatoms. The summed E-state index contributed by atoms with van der Waals surface area (Å²) >= 11 is 3.16. The molecule has 0 fully saturated rings. The molecular formula is C12H11BrN4O3. The first-order chi connectivity index (χ1) is 9.51. The van der Waals surface area contributed by atoms with E-state index in [1.54, 1.807) is 25.2 Å². The Labute approximate surface area is 122 Å². The molecule has 7 nitrogen and oxygen atoms in total. The zero-order valence-corrected chi connectivity index (χ0v) is 12.1. The molecule has 104 valence electrons. The van der Waals surface area contributed by atoms with Crippen LogP contribution in [0.15, 0.2) is 39.7 Å². The molecule has 1 N–H and O–H groups in total. The van der Waals surface area contributed by atoms with E-state index in [1.807, 2.05) is 0 Å². The summed E-state index contributed by atoms with van der Waals surface area (Å²) in [5, 5.41) is 13.7. The van der Waals surface area contributed by atoms with Gasteiger partial charge in [-0.1, -0.05) is 6.07 Å². The Morgan fingerprint density at radius 3 is 2.90 bits per heavy atom. The zero-order chi connectivity index (χ0) is 14.7. The second kappa shape index (κ2) is 5.83. The molecule has 0 aromatic carbocycles. The van der Waals surface area contributed by atoms with E-state index in [0.717, 1.165) is 0 Å². The maximum Gasteiger partial charge on any atom is 0.335 e. The van der Waals surface area contributed by atoms with Gasteiger partial charge in [-0.2, -0.15) is 0 Å². The van der Waals surface area contributed by atoms with Crippen LogP contribution >= 0.6 is 15.9 Å². The summed E-state index contributed by atoms with van der Waals surface area (Å²) in [6.07, 6.45) is 1.50. The van der Waals surface area contributed by atoms with Gasteiger partial charge in [0.15, 0.2) is 0 Å². The highest BCUT2D eigenvalue weighted by molar-refractivity contribution is 9.10. The summed E-state index contributed by atoms with van der Waals surface area (Å²) in [6, 6.07) is 6.53. The van der Waals surface area contributed by atoms with Gasteiger partial charge in [-0.25, -0.2) is 4.98 Å². The highest BCUT2D eigenvalue weighted by Gasteiger charge is 2.16. The quantitative estimate of drug-likeness (QED) is 0.680. The van der Waals surface area contributed by atoms with Gasteiger partial charge in [0, 0.05) is 23.8 Å². The van der Waals surface area contributed by atoms with Crippen molar-refractivity contribution in [2.75, 3.05) is 12.4 Å². The van der Waals surface area contributed by atoms with Crippen LogP contribution in [0.25, 0.3) is 0 Å². The first-order valence-corrected chi connectivity index (χ1v) is 6.48. The minimum absolute atomic E-state index is 0.161. The SMILES string of the molecule is CNc1cccc(Cn2cc(Br)cc([N+](=O)[O-])c2=O)n1. The molecule has 2 aromatic rings. The number of anilines is 1. The Balaban J connectivity index is 2.43. The summed E-state index contributed by atoms with van der Waals surface area (Å²) in [6.45, 7) is 0.161. The Hall–Kier alpha value is -2.22. The first-order valence-electron chi connectivity index (χ1n) is 5.69. The van der Waals surface area contributed by atoms with Crippen LogP contribution in [-0.2, 0) is 6.54 Å². The molecule has 0 unspecified atom stereocenters. The fourth-order valence-electron chi connectivity index (χ4n) is 1.71. The predicted molar refractivity (Wildman–Crippen MR) is 77.9 cm³/mol. The molecule has 2 rings (SSSR count). The van der Waals surface area contributed by atoms with E-state index in [2.05, 4.69) is 26.2 Å². The summed E-state index contributed by atoms with van der Waals surface area (Å²) in [5.41, 5.74) is -0.495. The number of halogens is 1. The largest absolute Gasteiger partial charge is 0.373 e. The van der Waals surface area contributed by atoms with Gasteiger partial charge >= 0.3 is 11.2 Å². The molecule has 0 radical (unpaired) electrons. The highest BCUT2D eigenvalue weighted by Crippen LogP contribution is 2.14. The van der Waals surface area contributed by atoms with Crippen LogP contribution in [0.3, 0.4) is 0 Å². The second-order valence-corrected chi connectivity index (χ2v) is 4.91. The Morgan fingerprint density at radius 1 is 1.50 bits per heavy atom. The Bertz CT molecular complexity index is 714. The molecule has 0 amide bonds. The van der Waals surface area contributed by atoms with Gasteiger partial charge in [0.05, 0.1) is 17.2 Å². The number of nitrogens with one attached hydrogen (secondary N) is 1. The van der Waals surface area contributed by atoms with Crippen molar-refractivity contribution in [1.82, 2.24) is 9.55 Å². The number of nitrogens with zero attached hydrogens (tertiary/aromatic N) is 3. The number of rotatable bonds is 4. The van der Waals surface area contributed by atoms with Crippen LogP contribution in [0.1, 0.15) is 5.69 Å². The van der Waals surface area contributed by atoms with E-state index in [4.69, 9.17) is 0 Å². The lowest BCUT2D eigenvalue weighted by molar-refractivity contribution is -0.386. The number of aromatic nitrogens is 2. The first kappa shape index (κ1) is 14.2. The second-order valence-electron chi connectivity index (χ2n) is 4.00. The monoisotopic (exact) mass is 338 g/mol. The summed E-state index contributed by atoms with van der Waals surface area (Å²) in [7, 11) is 1.74. The molecule has 2 heterocycles. The average molecular weight is 339 g/mol. The standard InChI is InChI=1S/C12H11BrN4O3/c1-14-11-4-2-3-9(15-11)7-16-6-8(13)5-10(12(16)18)17(19)20/h2-6H,7H2,1H3,(H,14,15). The molecule has 0 aliphatic heterocycles. The van der Waals surface area contributed by atoms with Crippen molar-refractivity contribution in [1.29, 1.82) is 0 Å². The van der Waals surface area contributed by atoms with Crippen molar-refractivity contribution in [3.63, 3.8) is 0 Å². The summed E-state index contributed by atoms with van der Waals surface area (Å²) < 4.78 is 1.72. The van der Waals surface area contributed by atoms with Gasteiger partial charge in [-0.15, -0.1) is 0 Å². The van der Waals surface area contributed by atoms with Crippen LogP contribution in [0.2, 0.25) is 0 Å². The summed E-state index contributed by atoms with van der Waals surface area (Å²) in [4.78, 5) is 26.4. The minimum Gasteiger partial charge on any atom is -0.373 e. The molecule has 0 saturated carbocycles. The van der Waals surface area contributed by atoms with E-state index >= 15 is 0 Å². The van der Waals surface area contributed by atoms with Crippen molar-refractivity contribution >= 4 is 27.4 Å². The fraction of sp³-hybridized carbons (Fsp3) is 0.167. The Kier molecular flexibility index (Phi) is 4.14. The molecular weight excluding hydrogens is 328 g/mol. The van der Waals surface area contributed by atoms with E-state index in [-0.39, 0.29) is 6.54 Å². The third kappa shape index (κ3) is 3.02. The van der Waals surface area contributed by atoms with Crippen molar-refractivity contribution in [3.8, 4) is 0 Å². The zero-order valence-electron chi connectivity index (χ0n) is 10.5. The molecule has 0 atom stereocenters. The molecule has 0 saturated heterocycles. The smallest absolute Gasteiger partial charge is 0.335 e. The highest BCUT2D eigenvalue weighted by atomic mass is 79.9. The number of hydrogen-bond donors (Lipinski definition) is 1. The van der Waals surface area contributed by atoms with Gasteiger partial charge < -0.3 is 9.88 Å². The third-order valence-corrected chi connectivity index (χ3v) is 3.06. The molecule has 20 heavy (non-hydrogen) atoms. The van der Waals surface area contributed by atoms with Crippen LogP contribution in [0.4, 0.5) is 11.5 Å². The lowest BCUT2D eigenvalue weighted by Gasteiger charge is -2.07. The van der Waals surface area contributed by atoms with Crippen LogP contribution in [-0.4, -0.2) is 21.5 Å². The molecule has 0 spiro atoms. The topological polar surface area (TPSA) is 90.1 Å². The van der Waals surface area contributed by atoms with Gasteiger partial charge in [0.2, 0.25) is 0 Å². The van der Waals surface area contributed by atoms with E-state index < -0.39 is 16.2 Å². The van der Waals surface area contributed by atoms with Crippen molar-refractivity contribution in [3.05, 3.63) is 61.1 Å². The van der Waals surface area contributed by atoms with Crippen molar-refractivity contribution < 1.29 is 4.92 Å². The van der Waals surface area contributed by atoms with Crippen molar-refractivity contribution in [2.24, 2.45) is 0 Å².